The van der Waals surface area contributed by atoms with Crippen molar-refractivity contribution >= 4 is 12.0 Å². The summed E-state index contributed by atoms with van der Waals surface area (Å²) in [6.07, 6.45) is 6.38. The fourth-order valence-electron chi connectivity index (χ4n) is 1.68. The van der Waals surface area contributed by atoms with Crippen molar-refractivity contribution in [1.29, 1.82) is 0 Å². The summed E-state index contributed by atoms with van der Waals surface area (Å²) >= 11 is 0. The van der Waals surface area contributed by atoms with E-state index in [2.05, 4.69) is 15.0 Å². The number of rotatable bonds is 6. The zero-order chi connectivity index (χ0) is 15.8. The number of pyridine rings is 1. The molecular formula is C16H14F2N2O2. The van der Waals surface area contributed by atoms with Gasteiger partial charge in [-0.25, -0.2) is 0 Å². The quantitative estimate of drug-likeness (QED) is 0.835. The molecule has 0 aliphatic rings. The number of carbonyl (C=O) groups is 1. The van der Waals surface area contributed by atoms with Gasteiger partial charge in [0.1, 0.15) is 5.75 Å². The molecule has 22 heavy (non-hydrogen) atoms. The Morgan fingerprint density at radius 2 is 1.86 bits per heavy atom. The van der Waals surface area contributed by atoms with Gasteiger partial charge in [-0.05, 0) is 41.5 Å². The molecular weight excluding hydrogens is 290 g/mol. The fourth-order valence-corrected chi connectivity index (χ4v) is 1.68. The summed E-state index contributed by atoms with van der Waals surface area (Å²) < 4.78 is 28.3. The monoisotopic (exact) mass is 304 g/mol. The highest BCUT2D eigenvalue weighted by Crippen LogP contribution is 2.14. The van der Waals surface area contributed by atoms with Crippen LogP contribution in [0.3, 0.4) is 0 Å². The number of nitrogens with one attached hydrogen (secondary N) is 1. The van der Waals surface area contributed by atoms with Crippen molar-refractivity contribution in [3.05, 3.63) is 66.0 Å². The first-order valence-corrected chi connectivity index (χ1v) is 6.53. The number of aromatic nitrogens is 1. The van der Waals surface area contributed by atoms with Gasteiger partial charge in [0.15, 0.2) is 0 Å². The van der Waals surface area contributed by atoms with Gasteiger partial charge in [0.05, 0.1) is 0 Å². The Morgan fingerprint density at radius 3 is 2.50 bits per heavy atom. The normalized spacial score (nSPS) is 10.9. The summed E-state index contributed by atoms with van der Waals surface area (Å²) in [6, 6.07) is 9.66. The van der Waals surface area contributed by atoms with Crippen LogP contribution in [0, 0.1) is 0 Å². The van der Waals surface area contributed by atoms with Crippen LogP contribution in [0.5, 0.6) is 5.75 Å². The first kappa shape index (κ1) is 15.6. The van der Waals surface area contributed by atoms with Crippen molar-refractivity contribution in [2.75, 3.05) is 0 Å². The highest BCUT2D eigenvalue weighted by Gasteiger charge is 2.04. The maximum Gasteiger partial charge on any atom is 0.387 e. The lowest BCUT2D eigenvalue weighted by Crippen LogP contribution is -2.20. The number of hydrogen-bond donors (Lipinski definition) is 1. The molecule has 0 aliphatic carbocycles. The van der Waals surface area contributed by atoms with E-state index in [4.69, 9.17) is 0 Å². The van der Waals surface area contributed by atoms with Crippen molar-refractivity contribution in [3.63, 3.8) is 0 Å². The number of carbonyl (C=O) groups excluding carboxylic acids is 1. The Balaban J connectivity index is 1.82. The zero-order valence-corrected chi connectivity index (χ0v) is 11.6. The molecule has 4 nitrogen and oxygen atoms in total. The molecule has 0 fully saturated rings. The summed E-state index contributed by atoms with van der Waals surface area (Å²) in [5.41, 5.74) is 1.66. The summed E-state index contributed by atoms with van der Waals surface area (Å²) in [4.78, 5) is 15.5. The second-order valence-corrected chi connectivity index (χ2v) is 4.35. The van der Waals surface area contributed by atoms with Gasteiger partial charge in [0.2, 0.25) is 5.91 Å². The van der Waals surface area contributed by atoms with E-state index in [-0.39, 0.29) is 11.7 Å². The SMILES string of the molecule is O=C(/C=C/c1ccncc1)NCc1ccc(OC(F)F)cc1. The van der Waals surface area contributed by atoms with Gasteiger partial charge in [0, 0.05) is 25.0 Å². The van der Waals surface area contributed by atoms with Crippen LogP contribution in [0.1, 0.15) is 11.1 Å². The number of nitrogens with zero attached hydrogens (tertiary/aromatic N) is 1. The van der Waals surface area contributed by atoms with E-state index in [1.54, 1.807) is 42.7 Å². The van der Waals surface area contributed by atoms with Crippen molar-refractivity contribution in [1.82, 2.24) is 10.3 Å². The third kappa shape index (κ3) is 5.32. The van der Waals surface area contributed by atoms with Gasteiger partial charge in [0.25, 0.3) is 0 Å². The number of amides is 1. The number of hydrogen-bond acceptors (Lipinski definition) is 3. The third-order valence-corrected chi connectivity index (χ3v) is 2.75. The van der Waals surface area contributed by atoms with E-state index in [1.165, 1.54) is 18.2 Å². The van der Waals surface area contributed by atoms with Crippen LogP contribution in [0.2, 0.25) is 0 Å². The molecule has 1 amide bonds. The highest BCUT2D eigenvalue weighted by molar-refractivity contribution is 5.91. The Bertz CT molecular complexity index is 628. The molecule has 0 unspecified atom stereocenters. The molecule has 1 N–H and O–H groups in total. The van der Waals surface area contributed by atoms with Gasteiger partial charge in [-0.15, -0.1) is 0 Å². The molecule has 0 saturated carbocycles. The number of benzene rings is 1. The molecule has 2 rings (SSSR count). The average molecular weight is 304 g/mol. The van der Waals surface area contributed by atoms with Crippen molar-refractivity contribution in [3.8, 4) is 5.75 Å². The minimum atomic E-state index is -2.84. The minimum Gasteiger partial charge on any atom is -0.435 e. The van der Waals surface area contributed by atoms with Crippen LogP contribution in [0.15, 0.2) is 54.9 Å². The third-order valence-electron chi connectivity index (χ3n) is 2.75. The van der Waals surface area contributed by atoms with E-state index in [9.17, 15) is 13.6 Å². The predicted molar refractivity (Wildman–Crippen MR) is 78.2 cm³/mol. The first-order valence-electron chi connectivity index (χ1n) is 6.53. The number of halogens is 2. The van der Waals surface area contributed by atoms with Crippen molar-refractivity contribution in [2.24, 2.45) is 0 Å². The van der Waals surface area contributed by atoms with Gasteiger partial charge in [-0.2, -0.15) is 8.78 Å². The van der Waals surface area contributed by atoms with Gasteiger partial charge < -0.3 is 10.1 Å². The standard InChI is InChI=1S/C16H14F2N2O2/c17-16(18)22-14-4-1-13(2-5-14)11-20-15(21)6-3-12-7-9-19-10-8-12/h1-10,16H,11H2,(H,20,21)/b6-3+. The maximum atomic E-state index is 12.0. The zero-order valence-electron chi connectivity index (χ0n) is 11.6. The maximum absolute atomic E-state index is 12.0. The van der Waals surface area contributed by atoms with E-state index in [0.717, 1.165) is 11.1 Å². The second kappa shape index (κ2) is 7.87. The van der Waals surface area contributed by atoms with Crippen LogP contribution in [-0.4, -0.2) is 17.5 Å². The molecule has 0 radical (unpaired) electrons. The Kier molecular flexibility index (Phi) is 5.59. The summed E-state index contributed by atoms with van der Waals surface area (Å²) in [5.74, 6) is -0.160. The van der Waals surface area contributed by atoms with Crippen molar-refractivity contribution < 1.29 is 18.3 Å². The Labute approximate surface area is 126 Å². The van der Waals surface area contributed by atoms with E-state index >= 15 is 0 Å². The molecule has 1 aromatic carbocycles. The van der Waals surface area contributed by atoms with Gasteiger partial charge in [-0.1, -0.05) is 12.1 Å². The van der Waals surface area contributed by atoms with Crippen molar-refractivity contribution in [2.45, 2.75) is 13.2 Å². The van der Waals surface area contributed by atoms with E-state index < -0.39 is 6.61 Å². The lowest BCUT2D eigenvalue weighted by atomic mass is 10.2. The first-order chi connectivity index (χ1) is 10.6. The topological polar surface area (TPSA) is 51.2 Å². The second-order valence-electron chi connectivity index (χ2n) is 4.35. The highest BCUT2D eigenvalue weighted by atomic mass is 19.3. The summed E-state index contributed by atoms with van der Waals surface area (Å²) in [7, 11) is 0. The molecule has 0 saturated heterocycles. The predicted octanol–water partition coefficient (Wildman–Crippen LogP) is 3.01. The molecule has 0 aliphatic heterocycles. The fraction of sp³-hybridized carbons (Fsp3) is 0.125. The molecule has 0 atom stereocenters. The van der Waals surface area contributed by atoms with E-state index in [1.807, 2.05) is 0 Å². The molecule has 1 heterocycles. The number of ether oxygens (including phenoxy) is 1. The molecule has 6 heteroatoms. The summed E-state index contributed by atoms with van der Waals surface area (Å²) in [5, 5.41) is 2.70. The Hall–Kier alpha value is -2.76. The minimum absolute atomic E-state index is 0.0858. The molecule has 2 aromatic rings. The molecule has 0 spiro atoms. The molecule has 1 aromatic heterocycles. The van der Waals surface area contributed by atoms with Crippen LogP contribution in [0.4, 0.5) is 8.78 Å². The van der Waals surface area contributed by atoms with E-state index in [0.29, 0.717) is 6.54 Å². The lowest BCUT2D eigenvalue weighted by molar-refractivity contribution is -0.116. The molecule has 0 bridgehead atoms. The van der Waals surface area contributed by atoms with Crippen LogP contribution >= 0.6 is 0 Å². The Morgan fingerprint density at radius 1 is 1.18 bits per heavy atom. The van der Waals surface area contributed by atoms with Crippen LogP contribution in [0.25, 0.3) is 6.08 Å². The van der Waals surface area contributed by atoms with Crippen LogP contribution in [-0.2, 0) is 11.3 Å². The smallest absolute Gasteiger partial charge is 0.387 e. The lowest BCUT2D eigenvalue weighted by Gasteiger charge is -2.06. The van der Waals surface area contributed by atoms with Crippen LogP contribution < -0.4 is 10.1 Å². The average Bonchev–Trinajstić information content (AvgIpc) is 2.53. The number of alkyl halides is 2. The van der Waals surface area contributed by atoms with Gasteiger partial charge >= 0.3 is 6.61 Å². The summed E-state index contributed by atoms with van der Waals surface area (Å²) in [6.45, 7) is -2.54. The van der Waals surface area contributed by atoms with Gasteiger partial charge in [-0.3, -0.25) is 9.78 Å². The molecule has 114 valence electrons. The largest absolute Gasteiger partial charge is 0.435 e.